The maximum absolute atomic E-state index is 11.0. The first-order chi connectivity index (χ1) is 9.00. The Morgan fingerprint density at radius 2 is 2.37 bits per heavy atom. The number of amides is 1. The van der Waals surface area contributed by atoms with Crippen LogP contribution in [0, 0.1) is 10.8 Å². The molecular weight excluding hydrogens is 280 g/mol. The summed E-state index contributed by atoms with van der Waals surface area (Å²) in [6, 6.07) is 0. The molecule has 0 aromatic heterocycles. The van der Waals surface area contributed by atoms with Crippen molar-refractivity contribution in [3.05, 3.63) is 17.1 Å². The van der Waals surface area contributed by atoms with Gasteiger partial charge in [-0.2, -0.15) is 0 Å². The maximum atomic E-state index is 11.0. The topological polar surface area (TPSA) is 58.5 Å². The molecule has 1 N–H and O–H groups in total. The van der Waals surface area contributed by atoms with Crippen LogP contribution in [-0.2, 0) is 4.79 Å². The molecule has 0 spiro atoms. The van der Waals surface area contributed by atoms with Gasteiger partial charge in [0.25, 0.3) is 5.91 Å². The number of carbonyl (C=O) groups excluding carboxylic acids is 1. The Bertz CT molecular complexity index is 385. The highest BCUT2D eigenvalue weighted by atomic mass is 32.2. The van der Waals surface area contributed by atoms with Crippen LogP contribution in [0.1, 0.15) is 39.0 Å². The summed E-state index contributed by atoms with van der Waals surface area (Å²) < 4.78 is 0.944. The molecule has 0 saturated carbocycles. The first-order valence-electron chi connectivity index (χ1n) is 6.45. The van der Waals surface area contributed by atoms with E-state index in [0.29, 0.717) is 12.3 Å². The smallest absolute Gasteiger partial charge is 0.286 e. The normalized spacial score (nSPS) is 21.7. The molecule has 0 heterocycles. The molecule has 0 fully saturated rings. The minimum absolute atomic E-state index is 0.150. The fourth-order valence-electron chi connectivity index (χ4n) is 1.92. The molecule has 6 heteroatoms. The van der Waals surface area contributed by atoms with Crippen molar-refractivity contribution in [2.24, 2.45) is 11.1 Å². The van der Waals surface area contributed by atoms with Crippen LogP contribution in [-0.4, -0.2) is 22.0 Å². The molecule has 0 radical (unpaired) electrons. The van der Waals surface area contributed by atoms with E-state index in [1.54, 1.807) is 11.8 Å². The first kappa shape index (κ1) is 16.5. The second-order valence-corrected chi connectivity index (χ2v) is 7.10. The largest absolute Gasteiger partial charge is 0.306 e. The van der Waals surface area contributed by atoms with Crippen molar-refractivity contribution in [3.63, 3.8) is 0 Å². The van der Waals surface area contributed by atoms with Gasteiger partial charge in [-0.3, -0.25) is 4.79 Å². The molecule has 19 heavy (non-hydrogen) atoms. The number of nitrogens with one attached hydrogen (secondary N) is 1. The van der Waals surface area contributed by atoms with Gasteiger partial charge in [-0.25, -0.2) is 0 Å². The monoisotopic (exact) mass is 300 g/mol. The SMILES string of the molecule is CNC(C)(CCC(=O)N=O)SC(=S)C1C=CCCC1. The fourth-order valence-corrected chi connectivity index (χ4v) is 3.77. The third kappa shape index (κ3) is 5.50. The Morgan fingerprint density at radius 3 is 2.89 bits per heavy atom. The maximum Gasteiger partial charge on any atom is 0.286 e. The Labute approximate surface area is 123 Å². The van der Waals surface area contributed by atoms with Crippen LogP contribution in [0.15, 0.2) is 17.3 Å². The lowest BCUT2D eigenvalue weighted by atomic mass is 9.98. The van der Waals surface area contributed by atoms with E-state index in [-0.39, 0.29) is 11.3 Å². The van der Waals surface area contributed by atoms with Crippen molar-refractivity contribution in [3.8, 4) is 0 Å². The zero-order chi connectivity index (χ0) is 14.3. The van der Waals surface area contributed by atoms with E-state index in [9.17, 15) is 9.70 Å². The van der Waals surface area contributed by atoms with Crippen molar-refractivity contribution >= 4 is 34.1 Å². The average molecular weight is 300 g/mol. The lowest BCUT2D eigenvalue weighted by Gasteiger charge is -2.30. The number of allylic oxidation sites excluding steroid dienone is 2. The second kappa shape index (κ2) is 7.87. The highest BCUT2D eigenvalue weighted by molar-refractivity contribution is 8.24. The third-order valence-corrected chi connectivity index (χ3v) is 5.24. The first-order valence-corrected chi connectivity index (χ1v) is 7.68. The van der Waals surface area contributed by atoms with Gasteiger partial charge in [0.15, 0.2) is 0 Å². The number of thiocarbonyl (C=S) groups is 1. The number of rotatable bonds is 6. The predicted octanol–water partition coefficient (Wildman–Crippen LogP) is 3.41. The minimum atomic E-state index is -0.606. The summed E-state index contributed by atoms with van der Waals surface area (Å²) >= 11 is 7.08. The van der Waals surface area contributed by atoms with Crippen molar-refractivity contribution in [2.45, 2.75) is 43.9 Å². The van der Waals surface area contributed by atoms with Gasteiger partial charge in [-0.15, -0.1) is 4.91 Å². The summed E-state index contributed by atoms with van der Waals surface area (Å²) in [6.45, 7) is 1.99. The van der Waals surface area contributed by atoms with Crippen LogP contribution in [0.2, 0.25) is 0 Å². The van der Waals surface area contributed by atoms with Gasteiger partial charge in [0.1, 0.15) is 0 Å². The van der Waals surface area contributed by atoms with Crippen LogP contribution in [0.3, 0.4) is 0 Å². The molecule has 106 valence electrons. The molecule has 4 nitrogen and oxygen atoms in total. The van der Waals surface area contributed by atoms with Gasteiger partial charge in [0.2, 0.25) is 0 Å². The summed E-state index contributed by atoms with van der Waals surface area (Å²) in [4.78, 5) is 20.8. The molecule has 0 saturated heterocycles. The molecule has 1 aliphatic carbocycles. The number of hydrogen-bond donors (Lipinski definition) is 1. The number of thioether (sulfide) groups is 1. The van der Waals surface area contributed by atoms with Crippen LogP contribution in [0.5, 0.6) is 0 Å². The number of carbonyl (C=O) groups is 1. The summed E-state index contributed by atoms with van der Waals surface area (Å²) in [5, 5.41) is 5.61. The van der Waals surface area contributed by atoms with Gasteiger partial charge in [-0.05, 0) is 39.7 Å². The third-order valence-electron chi connectivity index (χ3n) is 3.33. The molecule has 0 bridgehead atoms. The van der Waals surface area contributed by atoms with Crippen LogP contribution >= 0.6 is 24.0 Å². The number of hydrogen-bond acceptors (Lipinski definition) is 5. The Morgan fingerprint density at radius 1 is 1.63 bits per heavy atom. The average Bonchev–Trinajstić information content (AvgIpc) is 2.45. The van der Waals surface area contributed by atoms with Crippen LogP contribution < -0.4 is 5.32 Å². The van der Waals surface area contributed by atoms with Crippen LogP contribution in [0.25, 0.3) is 0 Å². The predicted molar refractivity (Wildman–Crippen MR) is 84.2 cm³/mol. The molecule has 1 aliphatic rings. The van der Waals surface area contributed by atoms with Gasteiger partial charge in [-0.1, -0.05) is 36.1 Å². The lowest BCUT2D eigenvalue weighted by molar-refractivity contribution is -0.118. The second-order valence-electron chi connectivity index (χ2n) is 4.85. The van der Waals surface area contributed by atoms with E-state index in [1.807, 2.05) is 14.0 Å². The molecule has 0 aromatic carbocycles. The molecule has 2 unspecified atom stereocenters. The Hall–Kier alpha value is -0.590. The van der Waals surface area contributed by atoms with Gasteiger partial charge in [0.05, 0.1) is 9.07 Å². The molecule has 0 aromatic rings. The van der Waals surface area contributed by atoms with Gasteiger partial charge >= 0.3 is 0 Å². The fraction of sp³-hybridized carbons (Fsp3) is 0.692. The van der Waals surface area contributed by atoms with E-state index in [1.165, 1.54) is 6.42 Å². The van der Waals surface area contributed by atoms with E-state index in [2.05, 4.69) is 22.6 Å². The summed E-state index contributed by atoms with van der Waals surface area (Å²) in [5.74, 6) is -0.271. The zero-order valence-corrected chi connectivity index (χ0v) is 13.0. The van der Waals surface area contributed by atoms with Crippen molar-refractivity contribution in [2.75, 3.05) is 7.05 Å². The Kier molecular flexibility index (Phi) is 6.82. The Balaban J connectivity index is 2.55. The quantitative estimate of drug-likeness (QED) is 0.352. The minimum Gasteiger partial charge on any atom is -0.306 e. The summed E-state index contributed by atoms with van der Waals surface area (Å²) in [5.41, 5.74) is 0. The molecule has 2 atom stereocenters. The van der Waals surface area contributed by atoms with E-state index < -0.39 is 5.91 Å². The summed E-state index contributed by atoms with van der Waals surface area (Å²) in [6.07, 6.45) is 8.44. The lowest BCUT2D eigenvalue weighted by Crippen LogP contribution is -2.38. The van der Waals surface area contributed by atoms with Gasteiger partial charge < -0.3 is 5.32 Å². The zero-order valence-electron chi connectivity index (χ0n) is 11.3. The number of nitrogens with zero attached hydrogens (tertiary/aromatic N) is 1. The van der Waals surface area contributed by atoms with E-state index in [0.717, 1.165) is 17.0 Å². The molecule has 1 amide bonds. The number of nitroso groups, excluding NO2 is 1. The highest BCUT2D eigenvalue weighted by Gasteiger charge is 2.28. The van der Waals surface area contributed by atoms with Crippen molar-refractivity contribution in [1.29, 1.82) is 0 Å². The summed E-state index contributed by atoms with van der Waals surface area (Å²) in [7, 11) is 1.84. The van der Waals surface area contributed by atoms with Gasteiger partial charge in [0, 0.05) is 17.5 Å². The molecule has 0 aliphatic heterocycles. The van der Waals surface area contributed by atoms with E-state index >= 15 is 0 Å². The van der Waals surface area contributed by atoms with Crippen LogP contribution in [0.4, 0.5) is 0 Å². The molecule has 1 rings (SSSR count). The highest BCUT2D eigenvalue weighted by Crippen LogP contribution is 2.34. The standard InChI is InChI=1S/C13H20N2O2S2/c1-13(14-2,9-8-11(16)15-17)19-12(18)10-6-4-3-5-7-10/h4,6,10,14H,3,5,7-9H2,1-2H3. The van der Waals surface area contributed by atoms with Crippen molar-refractivity contribution in [1.82, 2.24) is 5.32 Å². The van der Waals surface area contributed by atoms with E-state index in [4.69, 9.17) is 12.2 Å². The molecular formula is C13H20N2O2S2. The van der Waals surface area contributed by atoms with Crippen molar-refractivity contribution < 1.29 is 4.79 Å².